The van der Waals surface area contributed by atoms with Crippen molar-refractivity contribution in [1.29, 1.82) is 0 Å². The van der Waals surface area contributed by atoms with Crippen LogP contribution in [0.1, 0.15) is 15.4 Å². The zero-order valence-corrected chi connectivity index (χ0v) is 5.89. The Labute approximate surface area is 61.7 Å². The van der Waals surface area contributed by atoms with E-state index in [0.29, 0.717) is 4.88 Å². The zero-order valence-electron chi connectivity index (χ0n) is 5.07. The van der Waals surface area contributed by atoms with Crippen LogP contribution < -0.4 is 0 Å². The summed E-state index contributed by atoms with van der Waals surface area (Å²) in [6.07, 6.45) is 1.49. The Morgan fingerprint density at radius 3 is 3.00 bits per heavy atom. The maximum Gasteiger partial charge on any atom is 0.356 e. The summed E-state index contributed by atoms with van der Waals surface area (Å²) < 4.78 is 0. The van der Waals surface area contributed by atoms with E-state index in [-0.39, 0.29) is 5.69 Å². The van der Waals surface area contributed by atoms with Crippen LogP contribution in [-0.2, 0) is 0 Å². The normalized spacial score (nSPS) is 9.20. The highest BCUT2D eigenvalue weighted by molar-refractivity contribution is 7.10. The molecule has 0 aliphatic rings. The standard InChI is InChI=1S/C6H5NO2S/c1-2-4-5(6(8)9)7-3-10-4/h2-3H,1H2,(H,8,9). The fraction of sp³-hybridized carbons (Fsp3) is 0. The van der Waals surface area contributed by atoms with Crippen molar-refractivity contribution in [2.75, 3.05) is 0 Å². The second kappa shape index (κ2) is 2.62. The lowest BCUT2D eigenvalue weighted by Gasteiger charge is -1.86. The molecule has 1 N–H and O–H groups in total. The summed E-state index contributed by atoms with van der Waals surface area (Å²) in [6, 6.07) is 0. The third-order valence-electron chi connectivity index (χ3n) is 0.983. The number of nitrogens with zero attached hydrogens (tertiary/aromatic N) is 1. The lowest BCUT2D eigenvalue weighted by atomic mass is 10.4. The minimum Gasteiger partial charge on any atom is -0.476 e. The second-order valence-corrected chi connectivity index (χ2v) is 2.46. The number of carbonyl (C=O) groups is 1. The number of hydrogen-bond acceptors (Lipinski definition) is 3. The van der Waals surface area contributed by atoms with Crippen molar-refractivity contribution in [2.45, 2.75) is 0 Å². The van der Waals surface area contributed by atoms with Crippen molar-refractivity contribution in [3.05, 3.63) is 22.7 Å². The summed E-state index contributed by atoms with van der Waals surface area (Å²) in [5, 5.41) is 8.48. The summed E-state index contributed by atoms with van der Waals surface area (Å²) in [4.78, 5) is 14.6. The molecule has 0 aromatic carbocycles. The maximum atomic E-state index is 10.3. The third-order valence-corrected chi connectivity index (χ3v) is 1.81. The molecule has 1 heterocycles. The SMILES string of the molecule is C=Cc1scnc1C(=O)O. The number of carboxylic acid groups (broad SMARTS) is 1. The van der Waals surface area contributed by atoms with Crippen LogP contribution in [0.3, 0.4) is 0 Å². The second-order valence-electron chi connectivity index (χ2n) is 1.57. The molecule has 0 radical (unpaired) electrons. The first-order valence-corrected chi connectivity index (χ1v) is 3.43. The monoisotopic (exact) mass is 155 g/mol. The molecular formula is C6H5NO2S. The van der Waals surface area contributed by atoms with Crippen molar-refractivity contribution < 1.29 is 9.90 Å². The molecule has 10 heavy (non-hydrogen) atoms. The molecule has 0 saturated carbocycles. The highest BCUT2D eigenvalue weighted by atomic mass is 32.1. The molecule has 0 spiro atoms. The van der Waals surface area contributed by atoms with Gasteiger partial charge >= 0.3 is 5.97 Å². The van der Waals surface area contributed by atoms with Gasteiger partial charge < -0.3 is 5.11 Å². The quantitative estimate of drug-likeness (QED) is 0.703. The van der Waals surface area contributed by atoms with Crippen LogP contribution >= 0.6 is 11.3 Å². The van der Waals surface area contributed by atoms with Crippen LogP contribution in [-0.4, -0.2) is 16.1 Å². The maximum absolute atomic E-state index is 10.3. The van der Waals surface area contributed by atoms with Crippen LogP contribution in [0.15, 0.2) is 12.1 Å². The van der Waals surface area contributed by atoms with Gasteiger partial charge in [0.2, 0.25) is 0 Å². The summed E-state index contributed by atoms with van der Waals surface area (Å²) in [5.41, 5.74) is 1.57. The van der Waals surface area contributed by atoms with E-state index in [2.05, 4.69) is 11.6 Å². The van der Waals surface area contributed by atoms with E-state index in [0.717, 1.165) is 0 Å². The number of thiazole rings is 1. The van der Waals surface area contributed by atoms with E-state index in [9.17, 15) is 4.79 Å². The van der Waals surface area contributed by atoms with E-state index in [1.807, 2.05) is 0 Å². The minimum atomic E-state index is -1.00. The van der Waals surface area contributed by atoms with Gasteiger partial charge in [0.15, 0.2) is 5.69 Å². The molecule has 1 aromatic heterocycles. The highest BCUT2D eigenvalue weighted by Crippen LogP contribution is 2.13. The molecule has 0 atom stereocenters. The van der Waals surface area contributed by atoms with E-state index >= 15 is 0 Å². The van der Waals surface area contributed by atoms with Gasteiger partial charge in [0, 0.05) is 0 Å². The summed E-state index contributed by atoms with van der Waals surface area (Å²) in [5.74, 6) is -1.00. The average molecular weight is 155 g/mol. The van der Waals surface area contributed by atoms with Crippen LogP contribution in [0.5, 0.6) is 0 Å². The molecule has 3 nitrogen and oxygen atoms in total. The predicted octanol–water partition coefficient (Wildman–Crippen LogP) is 1.48. The van der Waals surface area contributed by atoms with Gasteiger partial charge in [-0.05, 0) is 6.08 Å². The van der Waals surface area contributed by atoms with E-state index in [4.69, 9.17) is 5.11 Å². The molecule has 0 bridgehead atoms. The van der Waals surface area contributed by atoms with Gasteiger partial charge in [-0.1, -0.05) is 6.58 Å². The third kappa shape index (κ3) is 1.06. The average Bonchev–Trinajstić information content (AvgIpc) is 2.33. The molecule has 4 heteroatoms. The van der Waals surface area contributed by atoms with Gasteiger partial charge in [0.25, 0.3) is 0 Å². The van der Waals surface area contributed by atoms with Gasteiger partial charge in [-0.3, -0.25) is 0 Å². The van der Waals surface area contributed by atoms with Gasteiger partial charge in [-0.25, -0.2) is 9.78 Å². The van der Waals surface area contributed by atoms with Crippen molar-refractivity contribution in [1.82, 2.24) is 4.98 Å². The molecule has 0 aliphatic carbocycles. The Hall–Kier alpha value is -1.16. The number of aromatic carboxylic acids is 1. The van der Waals surface area contributed by atoms with Crippen LogP contribution in [0.25, 0.3) is 6.08 Å². The van der Waals surface area contributed by atoms with Gasteiger partial charge in [0.1, 0.15) is 0 Å². The molecule has 0 fully saturated rings. The molecule has 1 rings (SSSR count). The van der Waals surface area contributed by atoms with Crippen molar-refractivity contribution in [3.63, 3.8) is 0 Å². The fourth-order valence-electron chi connectivity index (χ4n) is 0.561. The largest absolute Gasteiger partial charge is 0.476 e. The number of rotatable bonds is 2. The summed E-state index contributed by atoms with van der Waals surface area (Å²) >= 11 is 1.27. The van der Waals surface area contributed by atoms with Gasteiger partial charge in [-0.15, -0.1) is 11.3 Å². The molecule has 1 aromatic rings. The Balaban J connectivity index is 3.13. The van der Waals surface area contributed by atoms with E-state index in [1.54, 1.807) is 0 Å². The van der Waals surface area contributed by atoms with E-state index < -0.39 is 5.97 Å². The summed E-state index contributed by atoms with van der Waals surface area (Å²) in [7, 11) is 0. The number of carboxylic acids is 1. The Morgan fingerprint density at radius 1 is 1.90 bits per heavy atom. The van der Waals surface area contributed by atoms with Crippen molar-refractivity contribution in [2.24, 2.45) is 0 Å². The topological polar surface area (TPSA) is 50.2 Å². The Kier molecular flexibility index (Phi) is 1.82. The lowest BCUT2D eigenvalue weighted by Crippen LogP contribution is -1.97. The molecule has 0 unspecified atom stereocenters. The first-order valence-electron chi connectivity index (χ1n) is 2.55. The van der Waals surface area contributed by atoms with Crippen molar-refractivity contribution in [3.8, 4) is 0 Å². The Morgan fingerprint density at radius 2 is 2.60 bits per heavy atom. The first kappa shape index (κ1) is 6.95. The molecule has 0 aliphatic heterocycles. The van der Waals surface area contributed by atoms with Gasteiger partial charge in [0.05, 0.1) is 10.4 Å². The summed E-state index contributed by atoms with van der Waals surface area (Å²) in [6.45, 7) is 3.45. The van der Waals surface area contributed by atoms with Crippen molar-refractivity contribution >= 4 is 23.4 Å². The molecule has 0 saturated heterocycles. The molecule has 0 amide bonds. The van der Waals surface area contributed by atoms with E-state index in [1.165, 1.54) is 22.9 Å². The lowest BCUT2D eigenvalue weighted by molar-refractivity contribution is 0.0691. The highest BCUT2D eigenvalue weighted by Gasteiger charge is 2.09. The number of hydrogen-bond donors (Lipinski definition) is 1. The predicted molar refractivity (Wildman–Crippen MR) is 39.2 cm³/mol. The van der Waals surface area contributed by atoms with Crippen LogP contribution in [0, 0.1) is 0 Å². The first-order chi connectivity index (χ1) is 4.75. The Bertz CT molecular complexity index is 266. The van der Waals surface area contributed by atoms with Crippen LogP contribution in [0.4, 0.5) is 0 Å². The zero-order chi connectivity index (χ0) is 7.56. The fourth-order valence-corrected chi connectivity index (χ4v) is 1.18. The van der Waals surface area contributed by atoms with Crippen LogP contribution in [0.2, 0.25) is 0 Å². The minimum absolute atomic E-state index is 0.0833. The number of aromatic nitrogens is 1. The smallest absolute Gasteiger partial charge is 0.356 e. The van der Waals surface area contributed by atoms with Gasteiger partial charge in [-0.2, -0.15) is 0 Å². The molecule has 52 valence electrons. The molecular weight excluding hydrogens is 150 g/mol.